The van der Waals surface area contributed by atoms with Crippen LogP contribution in [0.1, 0.15) is 5.56 Å². The van der Waals surface area contributed by atoms with Crippen LogP contribution in [0.4, 0.5) is 5.69 Å². The van der Waals surface area contributed by atoms with Crippen LogP contribution >= 0.6 is 0 Å². The molecular weight excluding hydrogens is 184 g/mol. The van der Waals surface area contributed by atoms with Crippen LogP contribution in [-0.2, 0) is 16.1 Å². The molecule has 5 nitrogen and oxygen atoms in total. The summed E-state index contributed by atoms with van der Waals surface area (Å²) < 4.78 is 5.66. The van der Waals surface area contributed by atoms with Gasteiger partial charge in [-0.1, -0.05) is 0 Å². The second kappa shape index (κ2) is 3.95. The molecule has 1 aromatic rings. The first-order chi connectivity index (χ1) is 6.54. The fourth-order valence-electron chi connectivity index (χ4n) is 1.01. The predicted molar refractivity (Wildman–Crippen MR) is 51.9 cm³/mol. The molecule has 0 fully saturated rings. The summed E-state index contributed by atoms with van der Waals surface area (Å²) in [5, 5.41) is 0. The van der Waals surface area contributed by atoms with Crippen molar-refractivity contribution in [1.82, 2.24) is 4.57 Å². The van der Waals surface area contributed by atoms with Gasteiger partial charge in [-0.25, -0.2) is 0 Å². The lowest BCUT2D eigenvalue weighted by Crippen LogP contribution is -2.24. The number of nitrogen functional groups attached to an aromatic ring is 1. The zero-order valence-electron chi connectivity index (χ0n) is 8.11. The maximum Gasteiger partial charge on any atom is 0.325 e. The number of ether oxygens (including phenoxy) is 1. The number of rotatable bonds is 2. The first-order valence-corrected chi connectivity index (χ1v) is 4.08. The zero-order valence-corrected chi connectivity index (χ0v) is 8.11. The van der Waals surface area contributed by atoms with Crippen molar-refractivity contribution in [3.63, 3.8) is 0 Å². The van der Waals surface area contributed by atoms with E-state index in [4.69, 9.17) is 5.73 Å². The van der Waals surface area contributed by atoms with Gasteiger partial charge in [0.2, 0.25) is 0 Å². The molecule has 0 unspecified atom stereocenters. The molecule has 0 radical (unpaired) electrons. The standard InChI is InChI=1S/C9H12N2O3/c1-6-3-8(12)11(4-7(6)10)5-9(13)14-2/h3-4H,5,10H2,1-2H3. The highest BCUT2D eigenvalue weighted by Gasteiger charge is 2.05. The Balaban J connectivity index is 3.04. The van der Waals surface area contributed by atoms with E-state index < -0.39 is 5.97 Å². The van der Waals surface area contributed by atoms with Crippen LogP contribution in [0.2, 0.25) is 0 Å². The van der Waals surface area contributed by atoms with Crippen molar-refractivity contribution in [3.05, 3.63) is 28.2 Å². The third-order valence-electron chi connectivity index (χ3n) is 1.90. The van der Waals surface area contributed by atoms with E-state index >= 15 is 0 Å². The van der Waals surface area contributed by atoms with Crippen molar-refractivity contribution >= 4 is 11.7 Å². The number of nitrogens with zero attached hydrogens (tertiary/aromatic N) is 1. The Bertz CT molecular complexity index is 409. The lowest BCUT2D eigenvalue weighted by atomic mass is 10.2. The summed E-state index contributed by atoms with van der Waals surface area (Å²) in [7, 11) is 1.27. The first kappa shape index (κ1) is 10.3. The lowest BCUT2D eigenvalue weighted by molar-refractivity contribution is -0.141. The molecule has 0 aliphatic rings. The van der Waals surface area contributed by atoms with Crippen molar-refractivity contribution in [2.45, 2.75) is 13.5 Å². The molecule has 14 heavy (non-hydrogen) atoms. The van der Waals surface area contributed by atoms with Gasteiger partial charge in [0.15, 0.2) is 0 Å². The van der Waals surface area contributed by atoms with Crippen LogP contribution in [0.25, 0.3) is 0 Å². The number of hydrogen-bond acceptors (Lipinski definition) is 4. The normalized spacial score (nSPS) is 9.86. The van der Waals surface area contributed by atoms with Gasteiger partial charge in [-0.05, 0) is 12.5 Å². The molecule has 0 saturated heterocycles. The molecule has 1 rings (SSSR count). The second-order valence-electron chi connectivity index (χ2n) is 2.95. The molecule has 0 bridgehead atoms. The van der Waals surface area contributed by atoms with Gasteiger partial charge in [0, 0.05) is 12.3 Å². The summed E-state index contributed by atoms with van der Waals surface area (Å²) in [5.74, 6) is -0.477. The number of carbonyl (C=O) groups is 1. The molecule has 76 valence electrons. The molecule has 0 spiro atoms. The van der Waals surface area contributed by atoms with Gasteiger partial charge in [-0.2, -0.15) is 0 Å². The summed E-state index contributed by atoms with van der Waals surface area (Å²) in [6, 6.07) is 1.39. The number of nitrogens with two attached hydrogens (primary N) is 1. The van der Waals surface area contributed by atoms with Gasteiger partial charge in [-0.15, -0.1) is 0 Å². The molecular formula is C9H12N2O3. The van der Waals surface area contributed by atoms with Crippen molar-refractivity contribution in [2.24, 2.45) is 0 Å². The van der Waals surface area contributed by atoms with E-state index in [9.17, 15) is 9.59 Å². The average Bonchev–Trinajstić information content (AvgIpc) is 2.14. The zero-order chi connectivity index (χ0) is 10.7. The van der Waals surface area contributed by atoms with Gasteiger partial charge < -0.3 is 15.0 Å². The minimum absolute atomic E-state index is 0.111. The van der Waals surface area contributed by atoms with Crippen molar-refractivity contribution < 1.29 is 9.53 Å². The van der Waals surface area contributed by atoms with Crippen molar-refractivity contribution in [2.75, 3.05) is 12.8 Å². The maximum absolute atomic E-state index is 11.3. The van der Waals surface area contributed by atoms with Crippen LogP contribution in [0, 0.1) is 6.92 Å². The fourth-order valence-corrected chi connectivity index (χ4v) is 1.01. The quantitative estimate of drug-likeness (QED) is 0.671. The lowest BCUT2D eigenvalue weighted by Gasteiger charge is -2.06. The molecule has 0 saturated carbocycles. The van der Waals surface area contributed by atoms with Crippen LogP contribution in [0.5, 0.6) is 0 Å². The molecule has 1 aromatic heterocycles. The van der Waals surface area contributed by atoms with Crippen LogP contribution in [-0.4, -0.2) is 17.6 Å². The van der Waals surface area contributed by atoms with Gasteiger partial charge >= 0.3 is 5.97 Å². The SMILES string of the molecule is COC(=O)Cn1cc(N)c(C)cc1=O. The van der Waals surface area contributed by atoms with Gasteiger partial charge in [0.25, 0.3) is 5.56 Å². The van der Waals surface area contributed by atoms with E-state index in [-0.39, 0.29) is 12.1 Å². The molecule has 2 N–H and O–H groups in total. The van der Waals surface area contributed by atoms with Gasteiger partial charge in [0.05, 0.1) is 12.8 Å². The van der Waals surface area contributed by atoms with E-state index in [1.165, 1.54) is 23.9 Å². The molecule has 1 heterocycles. The number of aryl methyl sites for hydroxylation is 1. The van der Waals surface area contributed by atoms with Crippen LogP contribution < -0.4 is 11.3 Å². The summed E-state index contributed by atoms with van der Waals surface area (Å²) in [4.78, 5) is 22.3. The average molecular weight is 196 g/mol. The molecule has 0 aromatic carbocycles. The van der Waals surface area contributed by atoms with E-state index in [1.54, 1.807) is 6.92 Å². The summed E-state index contributed by atoms with van der Waals surface area (Å²) in [5.41, 5.74) is 6.52. The van der Waals surface area contributed by atoms with Crippen LogP contribution in [0.3, 0.4) is 0 Å². The number of methoxy groups -OCH3 is 1. The summed E-state index contributed by atoms with van der Waals surface area (Å²) in [6.45, 7) is 1.62. The highest BCUT2D eigenvalue weighted by atomic mass is 16.5. The maximum atomic E-state index is 11.3. The molecule has 0 aliphatic heterocycles. The minimum atomic E-state index is -0.477. The smallest absolute Gasteiger partial charge is 0.325 e. The second-order valence-corrected chi connectivity index (χ2v) is 2.95. The van der Waals surface area contributed by atoms with Gasteiger partial charge in [-0.3, -0.25) is 9.59 Å². The Morgan fingerprint density at radius 1 is 1.64 bits per heavy atom. The molecule has 0 amide bonds. The number of esters is 1. The predicted octanol–water partition coefficient (Wildman–Crippen LogP) is -0.0881. The molecule has 5 heteroatoms. The number of anilines is 1. The van der Waals surface area contributed by atoms with E-state index in [0.29, 0.717) is 11.3 Å². The number of hydrogen-bond donors (Lipinski definition) is 1. The summed E-state index contributed by atoms with van der Waals surface area (Å²) in [6.07, 6.45) is 1.44. The Hall–Kier alpha value is -1.78. The number of pyridine rings is 1. The van der Waals surface area contributed by atoms with Crippen molar-refractivity contribution in [1.29, 1.82) is 0 Å². The molecule has 0 atom stereocenters. The fraction of sp³-hybridized carbons (Fsp3) is 0.333. The number of carbonyl (C=O) groups excluding carboxylic acids is 1. The first-order valence-electron chi connectivity index (χ1n) is 4.08. The topological polar surface area (TPSA) is 74.3 Å². The third kappa shape index (κ3) is 2.12. The Morgan fingerprint density at radius 3 is 2.86 bits per heavy atom. The van der Waals surface area contributed by atoms with E-state index in [2.05, 4.69) is 4.74 Å². The Labute approximate surface area is 81.1 Å². The van der Waals surface area contributed by atoms with Crippen LogP contribution in [0.15, 0.2) is 17.1 Å². The molecule has 0 aliphatic carbocycles. The third-order valence-corrected chi connectivity index (χ3v) is 1.90. The highest BCUT2D eigenvalue weighted by molar-refractivity contribution is 5.69. The van der Waals surface area contributed by atoms with Gasteiger partial charge in [0.1, 0.15) is 6.54 Å². The number of aromatic nitrogens is 1. The van der Waals surface area contributed by atoms with Crippen molar-refractivity contribution in [3.8, 4) is 0 Å². The minimum Gasteiger partial charge on any atom is -0.468 e. The Kier molecular flexibility index (Phi) is 2.91. The summed E-state index contributed by atoms with van der Waals surface area (Å²) >= 11 is 0. The van der Waals surface area contributed by atoms with E-state index in [1.807, 2.05) is 0 Å². The highest BCUT2D eigenvalue weighted by Crippen LogP contribution is 2.05. The van der Waals surface area contributed by atoms with E-state index in [0.717, 1.165) is 0 Å². The monoisotopic (exact) mass is 196 g/mol. The largest absolute Gasteiger partial charge is 0.468 e. The Morgan fingerprint density at radius 2 is 2.29 bits per heavy atom.